The van der Waals surface area contributed by atoms with Crippen LogP contribution in [0.25, 0.3) is 0 Å². The molecule has 0 aromatic heterocycles. The molecule has 4 heteroatoms. The van der Waals surface area contributed by atoms with E-state index in [-0.39, 0.29) is 5.75 Å². The molecule has 3 N–H and O–H groups in total. The fourth-order valence-electron chi connectivity index (χ4n) is 1.56. The molecule has 1 unspecified atom stereocenters. The Bertz CT molecular complexity index is 331. The Kier molecular flexibility index (Phi) is 5.22. The van der Waals surface area contributed by atoms with E-state index in [9.17, 15) is 9.50 Å². The van der Waals surface area contributed by atoms with Gasteiger partial charge < -0.3 is 15.6 Å². The molecule has 0 spiro atoms. The highest BCUT2D eigenvalue weighted by Gasteiger charge is 2.08. The summed E-state index contributed by atoms with van der Waals surface area (Å²) < 4.78 is 18.1. The van der Waals surface area contributed by atoms with Crippen molar-refractivity contribution in [1.29, 1.82) is 0 Å². The maximum Gasteiger partial charge on any atom is 0.165 e. The zero-order valence-electron chi connectivity index (χ0n) is 9.45. The van der Waals surface area contributed by atoms with E-state index < -0.39 is 11.9 Å². The summed E-state index contributed by atoms with van der Waals surface area (Å²) >= 11 is 0. The van der Waals surface area contributed by atoms with E-state index in [1.165, 1.54) is 13.2 Å². The van der Waals surface area contributed by atoms with Gasteiger partial charge in [-0.3, -0.25) is 0 Å². The van der Waals surface area contributed by atoms with Crippen LogP contribution in [0, 0.1) is 5.82 Å². The van der Waals surface area contributed by atoms with Crippen molar-refractivity contribution in [3.05, 3.63) is 29.6 Å². The monoisotopic (exact) mass is 227 g/mol. The van der Waals surface area contributed by atoms with Crippen molar-refractivity contribution in [1.82, 2.24) is 0 Å². The molecule has 0 saturated heterocycles. The summed E-state index contributed by atoms with van der Waals surface area (Å²) in [6.45, 7) is 0.564. The van der Waals surface area contributed by atoms with Crippen LogP contribution < -0.4 is 10.5 Å². The highest BCUT2D eigenvalue weighted by molar-refractivity contribution is 5.29. The molecule has 0 aliphatic rings. The summed E-state index contributed by atoms with van der Waals surface area (Å²) in [5, 5.41) is 9.64. The van der Waals surface area contributed by atoms with Gasteiger partial charge in [0.25, 0.3) is 0 Å². The summed E-state index contributed by atoms with van der Waals surface area (Å²) in [4.78, 5) is 0. The fraction of sp³-hybridized carbons (Fsp3) is 0.500. The minimum absolute atomic E-state index is 0.222. The molecular weight excluding hydrogens is 209 g/mol. The summed E-state index contributed by atoms with van der Waals surface area (Å²) in [5.41, 5.74) is 6.11. The number of aliphatic hydroxyl groups excluding tert-OH is 1. The summed E-state index contributed by atoms with van der Waals surface area (Å²) in [6.07, 6.45) is 1.40. The predicted molar refractivity (Wildman–Crippen MR) is 61.0 cm³/mol. The molecule has 0 saturated carbocycles. The van der Waals surface area contributed by atoms with E-state index in [1.807, 2.05) is 0 Å². The fourth-order valence-corrected chi connectivity index (χ4v) is 1.56. The van der Waals surface area contributed by atoms with Crippen molar-refractivity contribution in [3.8, 4) is 5.75 Å². The van der Waals surface area contributed by atoms with E-state index in [4.69, 9.17) is 10.5 Å². The molecule has 0 amide bonds. The van der Waals surface area contributed by atoms with Gasteiger partial charge in [0.2, 0.25) is 0 Å². The van der Waals surface area contributed by atoms with E-state index >= 15 is 0 Å². The Morgan fingerprint density at radius 3 is 2.81 bits per heavy atom. The largest absolute Gasteiger partial charge is 0.494 e. The highest BCUT2D eigenvalue weighted by Crippen LogP contribution is 2.19. The first kappa shape index (κ1) is 12.9. The molecule has 0 bridgehead atoms. The number of aliphatic hydroxyl groups is 1. The first-order valence-electron chi connectivity index (χ1n) is 5.38. The van der Waals surface area contributed by atoms with Crippen molar-refractivity contribution < 1.29 is 14.2 Å². The average molecular weight is 227 g/mol. The molecule has 0 aliphatic carbocycles. The lowest BCUT2D eigenvalue weighted by Gasteiger charge is -2.10. The van der Waals surface area contributed by atoms with Gasteiger partial charge in [0.1, 0.15) is 0 Å². The molecule has 1 rings (SSSR count). The quantitative estimate of drug-likeness (QED) is 0.774. The van der Waals surface area contributed by atoms with Crippen LogP contribution in [0.4, 0.5) is 4.39 Å². The zero-order chi connectivity index (χ0) is 12.0. The molecule has 16 heavy (non-hydrogen) atoms. The van der Waals surface area contributed by atoms with Crippen molar-refractivity contribution in [2.24, 2.45) is 5.73 Å². The summed E-state index contributed by atoms with van der Waals surface area (Å²) in [7, 11) is 1.42. The number of rotatable bonds is 6. The maximum absolute atomic E-state index is 13.3. The maximum atomic E-state index is 13.3. The number of nitrogens with two attached hydrogens (primary N) is 1. The Morgan fingerprint density at radius 2 is 2.25 bits per heavy atom. The molecule has 0 fully saturated rings. The topological polar surface area (TPSA) is 55.5 Å². The number of hydrogen-bond donors (Lipinski definition) is 2. The highest BCUT2D eigenvalue weighted by atomic mass is 19.1. The van der Waals surface area contributed by atoms with Gasteiger partial charge in [-0.05, 0) is 43.5 Å². The summed E-state index contributed by atoms with van der Waals surface area (Å²) in [5.74, 6) is -0.175. The van der Waals surface area contributed by atoms with Crippen LogP contribution in [-0.2, 0) is 6.42 Å². The first-order chi connectivity index (χ1) is 7.67. The Hall–Kier alpha value is -1.13. The third kappa shape index (κ3) is 3.79. The molecule has 1 aromatic rings. The number of methoxy groups -OCH3 is 1. The minimum atomic E-state index is -0.462. The zero-order valence-corrected chi connectivity index (χ0v) is 9.45. The smallest absolute Gasteiger partial charge is 0.165 e. The van der Waals surface area contributed by atoms with Gasteiger partial charge >= 0.3 is 0 Å². The van der Waals surface area contributed by atoms with Crippen molar-refractivity contribution in [2.75, 3.05) is 13.7 Å². The lowest BCUT2D eigenvalue weighted by Crippen LogP contribution is -2.13. The normalized spacial score (nSPS) is 12.5. The van der Waals surface area contributed by atoms with Crippen molar-refractivity contribution in [3.63, 3.8) is 0 Å². The second kappa shape index (κ2) is 6.45. The molecule has 1 atom stereocenters. The Morgan fingerprint density at radius 1 is 1.50 bits per heavy atom. The van der Waals surface area contributed by atoms with Crippen LogP contribution in [0.5, 0.6) is 5.75 Å². The second-order valence-electron chi connectivity index (χ2n) is 3.76. The minimum Gasteiger partial charge on any atom is -0.494 e. The third-order valence-electron chi connectivity index (χ3n) is 2.43. The van der Waals surface area contributed by atoms with Gasteiger partial charge in [-0.25, -0.2) is 4.39 Å². The molecular formula is C12H18FNO2. The van der Waals surface area contributed by atoms with Gasteiger partial charge in [0.05, 0.1) is 13.2 Å². The van der Waals surface area contributed by atoms with Crippen molar-refractivity contribution >= 4 is 0 Å². The predicted octanol–water partition coefficient (Wildman–Crippen LogP) is 1.48. The first-order valence-corrected chi connectivity index (χ1v) is 5.38. The van der Waals surface area contributed by atoms with Gasteiger partial charge in [-0.1, -0.05) is 6.07 Å². The lowest BCUT2D eigenvalue weighted by molar-refractivity contribution is 0.163. The van der Waals surface area contributed by atoms with E-state index in [1.54, 1.807) is 12.1 Å². The molecule has 0 heterocycles. The van der Waals surface area contributed by atoms with Gasteiger partial charge in [-0.15, -0.1) is 0 Å². The van der Waals surface area contributed by atoms with Crippen LogP contribution in [0.1, 0.15) is 18.4 Å². The molecule has 0 radical (unpaired) electrons. The van der Waals surface area contributed by atoms with Crippen LogP contribution in [0.3, 0.4) is 0 Å². The second-order valence-corrected chi connectivity index (χ2v) is 3.76. The van der Waals surface area contributed by atoms with E-state index in [0.717, 1.165) is 12.0 Å². The van der Waals surface area contributed by atoms with Crippen LogP contribution in [0.15, 0.2) is 18.2 Å². The SMILES string of the molecule is COc1ccc(CC(O)CCCN)cc1F. The van der Waals surface area contributed by atoms with Gasteiger partial charge in [0, 0.05) is 0 Å². The molecule has 90 valence electrons. The van der Waals surface area contributed by atoms with Crippen molar-refractivity contribution in [2.45, 2.75) is 25.4 Å². The average Bonchev–Trinajstić information content (AvgIpc) is 2.26. The standard InChI is InChI=1S/C12H18FNO2/c1-16-12-5-4-9(8-11(12)13)7-10(15)3-2-6-14/h4-5,8,10,15H,2-3,6-7,14H2,1H3. The van der Waals surface area contributed by atoms with Gasteiger partial charge in [-0.2, -0.15) is 0 Å². The van der Waals surface area contributed by atoms with E-state index in [0.29, 0.717) is 19.4 Å². The number of hydrogen-bond acceptors (Lipinski definition) is 3. The number of benzene rings is 1. The van der Waals surface area contributed by atoms with E-state index in [2.05, 4.69) is 0 Å². The summed E-state index contributed by atoms with van der Waals surface area (Å²) in [6, 6.07) is 4.72. The Balaban J connectivity index is 2.57. The van der Waals surface area contributed by atoms with Gasteiger partial charge in [0.15, 0.2) is 11.6 Å². The number of halogens is 1. The molecule has 1 aromatic carbocycles. The van der Waals surface area contributed by atoms with Crippen LogP contribution in [0.2, 0.25) is 0 Å². The molecule has 3 nitrogen and oxygen atoms in total. The van der Waals surface area contributed by atoms with Crippen LogP contribution >= 0.6 is 0 Å². The van der Waals surface area contributed by atoms with Crippen LogP contribution in [-0.4, -0.2) is 24.9 Å². The Labute approximate surface area is 95.0 Å². The third-order valence-corrected chi connectivity index (χ3v) is 2.43. The number of ether oxygens (including phenoxy) is 1. The lowest BCUT2D eigenvalue weighted by atomic mass is 10.0. The molecule has 0 aliphatic heterocycles.